The van der Waals surface area contributed by atoms with E-state index in [0.717, 1.165) is 6.26 Å². The molecule has 0 saturated carbocycles. The molecule has 0 fully saturated rings. The second kappa shape index (κ2) is 3.86. The second-order valence-corrected chi connectivity index (χ2v) is 7.13. The van der Waals surface area contributed by atoms with E-state index in [1.54, 1.807) is 20.9 Å². The highest BCUT2D eigenvalue weighted by molar-refractivity contribution is 7.90. The summed E-state index contributed by atoms with van der Waals surface area (Å²) in [7, 11) is -1.84. The number of benzene rings is 1. The van der Waals surface area contributed by atoms with Crippen LogP contribution in [0.25, 0.3) is 0 Å². The molecule has 0 aliphatic carbocycles. The summed E-state index contributed by atoms with van der Waals surface area (Å²) in [6, 6.07) is 2.74. The van der Waals surface area contributed by atoms with Crippen LogP contribution in [-0.2, 0) is 14.6 Å². The molecule has 1 amide bonds. The Labute approximate surface area is 112 Å². The zero-order chi connectivity index (χ0) is 14.6. The van der Waals surface area contributed by atoms with Gasteiger partial charge in [0.05, 0.1) is 16.3 Å². The van der Waals surface area contributed by atoms with Gasteiger partial charge in [-0.05, 0) is 26.0 Å². The molecule has 0 atom stereocenters. The first-order valence-electron chi connectivity index (χ1n) is 5.65. The fraction of sp³-hybridized carbons (Fsp3) is 0.417. The number of likely N-dealkylation sites (N-methyl/N-ethyl adjacent to an activating group) is 1. The largest absolute Gasteiger partial charge is 0.474 e. The molecule has 6 nitrogen and oxygen atoms in total. The minimum absolute atomic E-state index is 0.0618. The number of rotatable bonds is 1. The number of hydrogen-bond donors (Lipinski definition) is 1. The van der Waals surface area contributed by atoms with Gasteiger partial charge in [-0.2, -0.15) is 0 Å². The van der Waals surface area contributed by atoms with Crippen LogP contribution in [0.5, 0.6) is 5.75 Å². The van der Waals surface area contributed by atoms with E-state index in [1.807, 2.05) is 0 Å². The third kappa shape index (κ3) is 2.14. The molecule has 1 aromatic rings. The Morgan fingerprint density at radius 1 is 1.32 bits per heavy atom. The summed E-state index contributed by atoms with van der Waals surface area (Å²) in [5, 5.41) is 0. The minimum Gasteiger partial charge on any atom is -0.474 e. The summed E-state index contributed by atoms with van der Waals surface area (Å²) in [6.07, 6.45) is 1.09. The van der Waals surface area contributed by atoms with Crippen LogP contribution in [0.4, 0.5) is 11.4 Å². The van der Waals surface area contributed by atoms with Crippen molar-refractivity contribution in [1.82, 2.24) is 0 Å². The molecule has 19 heavy (non-hydrogen) atoms. The minimum atomic E-state index is -3.40. The fourth-order valence-electron chi connectivity index (χ4n) is 2.00. The molecule has 1 heterocycles. The second-order valence-electron chi connectivity index (χ2n) is 5.11. The summed E-state index contributed by atoms with van der Waals surface area (Å²) < 4.78 is 28.8. The summed E-state index contributed by atoms with van der Waals surface area (Å²) in [6.45, 7) is 3.28. The lowest BCUT2D eigenvalue weighted by Gasteiger charge is -2.37. The van der Waals surface area contributed by atoms with Gasteiger partial charge in [0, 0.05) is 13.3 Å². The molecule has 0 saturated heterocycles. The van der Waals surface area contributed by atoms with Gasteiger partial charge in [-0.15, -0.1) is 0 Å². The summed E-state index contributed by atoms with van der Waals surface area (Å²) in [5.74, 6) is 0.0737. The summed E-state index contributed by atoms with van der Waals surface area (Å²) >= 11 is 0. The predicted octanol–water partition coefficient (Wildman–Crippen LogP) is 0.806. The van der Waals surface area contributed by atoms with Crippen LogP contribution < -0.4 is 15.4 Å². The van der Waals surface area contributed by atoms with Gasteiger partial charge in [-0.1, -0.05) is 0 Å². The van der Waals surface area contributed by atoms with Gasteiger partial charge in [0.25, 0.3) is 5.91 Å². The van der Waals surface area contributed by atoms with Gasteiger partial charge in [0.15, 0.2) is 21.2 Å². The van der Waals surface area contributed by atoms with E-state index < -0.39 is 15.4 Å². The monoisotopic (exact) mass is 284 g/mol. The van der Waals surface area contributed by atoms with Gasteiger partial charge in [0.2, 0.25) is 0 Å². The molecule has 1 aromatic carbocycles. The van der Waals surface area contributed by atoms with Gasteiger partial charge in [0.1, 0.15) is 0 Å². The van der Waals surface area contributed by atoms with Crippen LogP contribution in [0.2, 0.25) is 0 Å². The van der Waals surface area contributed by atoms with E-state index >= 15 is 0 Å². The third-order valence-corrected chi connectivity index (χ3v) is 4.13. The van der Waals surface area contributed by atoms with Crippen molar-refractivity contribution in [2.24, 2.45) is 0 Å². The topological polar surface area (TPSA) is 89.7 Å². The molecule has 0 radical (unpaired) electrons. The Balaban J connectivity index is 2.70. The van der Waals surface area contributed by atoms with Crippen LogP contribution in [0.1, 0.15) is 13.8 Å². The molecule has 0 bridgehead atoms. The average Bonchev–Trinajstić information content (AvgIpc) is 2.26. The number of ether oxygens (including phenoxy) is 1. The van der Waals surface area contributed by atoms with Crippen molar-refractivity contribution in [2.75, 3.05) is 23.9 Å². The number of carbonyl (C=O) groups is 1. The Kier molecular flexibility index (Phi) is 2.78. The number of nitrogens with zero attached hydrogens (tertiary/aromatic N) is 1. The van der Waals surface area contributed by atoms with Crippen molar-refractivity contribution in [3.8, 4) is 5.75 Å². The van der Waals surface area contributed by atoms with Crippen LogP contribution in [0.3, 0.4) is 0 Å². The first-order valence-corrected chi connectivity index (χ1v) is 7.54. The van der Waals surface area contributed by atoms with Crippen molar-refractivity contribution in [3.63, 3.8) is 0 Å². The Hall–Kier alpha value is -1.76. The van der Waals surface area contributed by atoms with Gasteiger partial charge in [-0.3, -0.25) is 4.79 Å². The lowest BCUT2D eigenvalue weighted by molar-refractivity contribution is -0.132. The molecule has 1 aliphatic rings. The number of hydrogen-bond acceptors (Lipinski definition) is 5. The Morgan fingerprint density at radius 3 is 2.42 bits per heavy atom. The van der Waals surface area contributed by atoms with Crippen molar-refractivity contribution >= 4 is 27.1 Å². The Bertz CT molecular complexity index is 665. The van der Waals surface area contributed by atoms with E-state index in [0.29, 0.717) is 11.4 Å². The number of amides is 1. The number of sulfone groups is 1. The molecule has 2 rings (SSSR count). The highest BCUT2D eigenvalue weighted by Crippen LogP contribution is 2.42. The molecule has 7 heteroatoms. The van der Waals surface area contributed by atoms with Crippen molar-refractivity contribution in [2.45, 2.75) is 24.3 Å². The van der Waals surface area contributed by atoms with Crippen molar-refractivity contribution < 1.29 is 17.9 Å². The van der Waals surface area contributed by atoms with E-state index in [-0.39, 0.29) is 16.5 Å². The quantitative estimate of drug-likeness (QED) is 0.771. The van der Waals surface area contributed by atoms with E-state index in [4.69, 9.17) is 10.5 Å². The van der Waals surface area contributed by atoms with E-state index in [1.165, 1.54) is 17.0 Å². The summed E-state index contributed by atoms with van der Waals surface area (Å²) in [5.41, 5.74) is 5.38. The average molecular weight is 284 g/mol. The molecular weight excluding hydrogens is 268 g/mol. The number of fused-ring (bicyclic) bond motifs is 1. The molecule has 0 unspecified atom stereocenters. The predicted molar refractivity (Wildman–Crippen MR) is 72.1 cm³/mol. The maximum absolute atomic E-state index is 12.1. The fourth-order valence-corrected chi connectivity index (χ4v) is 2.66. The third-order valence-electron chi connectivity index (χ3n) is 3.04. The summed E-state index contributed by atoms with van der Waals surface area (Å²) in [4.78, 5) is 13.5. The number of anilines is 2. The zero-order valence-electron chi connectivity index (χ0n) is 11.2. The number of nitrogen functional groups attached to an aromatic ring is 1. The van der Waals surface area contributed by atoms with Crippen molar-refractivity contribution in [3.05, 3.63) is 12.1 Å². The maximum Gasteiger partial charge on any atom is 0.270 e. The highest BCUT2D eigenvalue weighted by Gasteiger charge is 2.40. The van der Waals surface area contributed by atoms with Crippen LogP contribution in [-0.4, -0.2) is 33.2 Å². The van der Waals surface area contributed by atoms with Crippen LogP contribution in [0.15, 0.2) is 17.0 Å². The van der Waals surface area contributed by atoms with E-state index in [9.17, 15) is 13.2 Å². The van der Waals surface area contributed by atoms with Crippen LogP contribution in [0, 0.1) is 0 Å². The standard InChI is InChI=1S/C12H16N2O4S/c1-12(2)11(15)14(3)9-6-7(19(4,16)17)5-8(13)10(9)18-12/h5-6H,13H2,1-4H3. The first-order chi connectivity index (χ1) is 8.54. The molecule has 1 aliphatic heterocycles. The van der Waals surface area contributed by atoms with E-state index in [2.05, 4.69) is 0 Å². The zero-order valence-corrected chi connectivity index (χ0v) is 12.0. The molecule has 2 N–H and O–H groups in total. The number of nitrogens with two attached hydrogens (primary N) is 1. The normalized spacial score (nSPS) is 17.9. The van der Waals surface area contributed by atoms with Gasteiger partial charge < -0.3 is 15.4 Å². The molecule has 104 valence electrons. The molecular formula is C12H16N2O4S. The molecule has 0 aromatic heterocycles. The maximum atomic E-state index is 12.1. The first kappa shape index (κ1) is 13.7. The van der Waals surface area contributed by atoms with Gasteiger partial charge >= 0.3 is 0 Å². The molecule has 0 spiro atoms. The van der Waals surface area contributed by atoms with Crippen LogP contribution >= 0.6 is 0 Å². The lowest BCUT2D eigenvalue weighted by Crippen LogP contribution is -2.51. The smallest absolute Gasteiger partial charge is 0.270 e. The Morgan fingerprint density at radius 2 is 1.89 bits per heavy atom. The van der Waals surface area contributed by atoms with Crippen molar-refractivity contribution in [1.29, 1.82) is 0 Å². The highest BCUT2D eigenvalue weighted by atomic mass is 32.2. The SMILES string of the molecule is CN1C(=O)C(C)(C)Oc2c(N)cc(S(C)(=O)=O)cc21. The number of carbonyl (C=O) groups excluding carboxylic acids is 1. The van der Waals surface area contributed by atoms with Gasteiger partial charge in [-0.25, -0.2) is 8.42 Å². The lowest BCUT2D eigenvalue weighted by atomic mass is 10.0.